The smallest absolute Gasteiger partial charge is 0.198 e. The van der Waals surface area contributed by atoms with Crippen LogP contribution in [0.2, 0.25) is 5.02 Å². The number of halogens is 1. The van der Waals surface area contributed by atoms with Crippen molar-refractivity contribution in [3.63, 3.8) is 0 Å². The van der Waals surface area contributed by atoms with Crippen LogP contribution in [0.4, 0.5) is 0 Å². The quantitative estimate of drug-likeness (QED) is 0.501. The summed E-state index contributed by atoms with van der Waals surface area (Å²) >= 11 is 6.41. The van der Waals surface area contributed by atoms with Crippen molar-refractivity contribution in [3.8, 4) is 11.4 Å². The number of methoxy groups -OCH3 is 1. The minimum Gasteiger partial charge on any atom is -0.385 e. The summed E-state index contributed by atoms with van der Waals surface area (Å²) in [5.74, 6) is 0.784. The molecule has 0 aliphatic rings. The van der Waals surface area contributed by atoms with E-state index in [1.165, 1.54) is 0 Å². The largest absolute Gasteiger partial charge is 0.385 e. The Kier molecular flexibility index (Phi) is 4.34. The van der Waals surface area contributed by atoms with Gasteiger partial charge in [0.05, 0.1) is 16.1 Å². The van der Waals surface area contributed by atoms with Gasteiger partial charge in [0.2, 0.25) is 0 Å². The molecule has 5 nitrogen and oxygen atoms in total. The maximum Gasteiger partial charge on any atom is 0.198 e. The third-order valence-electron chi connectivity index (χ3n) is 4.10. The number of imidazole rings is 1. The average molecular weight is 353 g/mol. The van der Waals surface area contributed by atoms with Crippen molar-refractivity contribution < 1.29 is 4.74 Å². The Morgan fingerprint density at radius 3 is 2.44 bits per heavy atom. The molecule has 2 aromatic carbocycles. The van der Waals surface area contributed by atoms with Crippen LogP contribution in [0.3, 0.4) is 0 Å². The third-order valence-corrected chi connectivity index (χ3v) is 4.43. The number of benzene rings is 2. The Morgan fingerprint density at radius 1 is 0.960 bits per heavy atom. The molecule has 25 heavy (non-hydrogen) atoms. The van der Waals surface area contributed by atoms with Crippen LogP contribution in [0, 0.1) is 0 Å². The second-order valence-corrected chi connectivity index (χ2v) is 6.18. The number of fused-ring (bicyclic) bond motifs is 2. The van der Waals surface area contributed by atoms with Gasteiger partial charge in [-0.1, -0.05) is 35.9 Å². The Hall–Kier alpha value is -2.50. The fraction of sp³-hybridized carbons (Fsp3) is 0.211. The molecule has 4 aromatic rings. The van der Waals surface area contributed by atoms with Gasteiger partial charge in [-0.15, -0.1) is 0 Å². The molecule has 0 saturated heterocycles. The molecule has 0 bridgehead atoms. The molecule has 0 N–H and O–H groups in total. The van der Waals surface area contributed by atoms with Crippen LogP contribution in [-0.4, -0.2) is 33.2 Å². The summed E-state index contributed by atoms with van der Waals surface area (Å²) in [6, 6.07) is 15.5. The molecular formula is C19H17ClN4O. The number of nitrogens with zero attached hydrogens (tertiary/aromatic N) is 4. The Morgan fingerprint density at radius 2 is 1.68 bits per heavy atom. The predicted octanol–water partition coefficient (Wildman–Crippen LogP) is 4.34. The van der Waals surface area contributed by atoms with Crippen LogP contribution in [0.25, 0.3) is 33.7 Å². The molecule has 0 saturated carbocycles. The van der Waals surface area contributed by atoms with Gasteiger partial charge in [-0.3, -0.25) is 0 Å². The molecule has 0 amide bonds. The SMILES string of the molecule is COCCCn1c(-c2ccccc2Cl)nc2nc3ccccc3nc21. The standard InChI is InChI=1S/C19H17ClN4O/c1-25-12-6-11-24-18(13-7-2-3-8-14(13)20)23-17-19(24)22-16-10-5-4-9-15(16)21-17/h2-5,7-10H,6,11-12H2,1H3. The van der Waals surface area contributed by atoms with Gasteiger partial charge < -0.3 is 9.30 Å². The molecule has 2 heterocycles. The highest BCUT2D eigenvalue weighted by Crippen LogP contribution is 2.30. The van der Waals surface area contributed by atoms with E-state index in [-0.39, 0.29) is 0 Å². The highest BCUT2D eigenvalue weighted by Gasteiger charge is 2.17. The first-order valence-corrected chi connectivity index (χ1v) is 8.52. The van der Waals surface area contributed by atoms with E-state index in [0.717, 1.165) is 41.0 Å². The van der Waals surface area contributed by atoms with Gasteiger partial charge in [-0.05, 0) is 30.7 Å². The van der Waals surface area contributed by atoms with Crippen LogP contribution in [0.1, 0.15) is 6.42 Å². The lowest BCUT2D eigenvalue weighted by Crippen LogP contribution is -2.05. The van der Waals surface area contributed by atoms with Gasteiger partial charge in [-0.25, -0.2) is 15.0 Å². The van der Waals surface area contributed by atoms with Crippen molar-refractivity contribution in [2.45, 2.75) is 13.0 Å². The van der Waals surface area contributed by atoms with Gasteiger partial charge in [0.25, 0.3) is 0 Å². The zero-order valence-electron chi connectivity index (χ0n) is 13.8. The fourth-order valence-corrected chi connectivity index (χ4v) is 3.15. The van der Waals surface area contributed by atoms with E-state index in [2.05, 4.69) is 9.55 Å². The zero-order chi connectivity index (χ0) is 17.2. The normalized spacial score (nSPS) is 11.4. The number of para-hydroxylation sites is 2. The van der Waals surface area contributed by atoms with Crippen molar-refractivity contribution in [1.82, 2.24) is 19.5 Å². The van der Waals surface area contributed by atoms with E-state index < -0.39 is 0 Å². The first-order valence-electron chi connectivity index (χ1n) is 8.15. The second kappa shape index (κ2) is 6.78. The first kappa shape index (κ1) is 16.0. The predicted molar refractivity (Wildman–Crippen MR) is 99.8 cm³/mol. The van der Waals surface area contributed by atoms with E-state index in [1.54, 1.807) is 7.11 Å². The Bertz CT molecular complexity index is 1040. The van der Waals surface area contributed by atoms with E-state index >= 15 is 0 Å². The zero-order valence-corrected chi connectivity index (χ0v) is 14.6. The fourth-order valence-electron chi connectivity index (χ4n) is 2.93. The molecule has 0 unspecified atom stereocenters. The lowest BCUT2D eigenvalue weighted by atomic mass is 10.2. The molecular weight excluding hydrogens is 336 g/mol. The molecule has 126 valence electrons. The summed E-state index contributed by atoms with van der Waals surface area (Å²) in [7, 11) is 1.70. The summed E-state index contributed by atoms with van der Waals surface area (Å²) in [6.45, 7) is 1.40. The van der Waals surface area contributed by atoms with Gasteiger partial charge in [0.15, 0.2) is 11.3 Å². The average Bonchev–Trinajstić information content (AvgIpc) is 2.98. The van der Waals surface area contributed by atoms with Gasteiger partial charge in [0, 0.05) is 25.8 Å². The summed E-state index contributed by atoms with van der Waals surface area (Å²) < 4.78 is 7.27. The summed E-state index contributed by atoms with van der Waals surface area (Å²) in [6.07, 6.45) is 0.855. The molecule has 2 aromatic heterocycles. The van der Waals surface area contributed by atoms with Crippen molar-refractivity contribution >= 4 is 33.9 Å². The molecule has 0 spiro atoms. The Balaban J connectivity index is 1.95. The van der Waals surface area contributed by atoms with Crippen molar-refractivity contribution in [2.24, 2.45) is 0 Å². The Labute approximate surface area is 150 Å². The van der Waals surface area contributed by atoms with Gasteiger partial charge >= 0.3 is 0 Å². The van der Waals surface area contributed by atoms with E-state index in [9.17, 15) is 0 Å². The number of hydrogen-bond donors (Lipinski definition) is 0. The highest BCUT2D eigenvalue weighted by molar-refractivity contribution is 6.33. The van der Waals surface area contributed by atoms with Crippen LogP contribution in [0.5, 0.6) is 0 Å². The van der Waals surface area contributed by atoms with Crippen LogP contribution < -0.4 is 0 Å². The van der Waals surface area contributed by atoms with E-state index in [1.807, 2.05) is 48.5 Å². The highest BCUT2D eigenvalue weighted by atomic mass is 35.5. The molecule has 6 heteroatoms. The van der Waals surface area contributed by atoms with Crippen LogP contribution in [0.15, 0.2) is 48.5 Å². The van der Waals surface area contributed by atoms with Gasteiger partial charge in [-0.2, -0.15) is 0 Å². The van der Waals surface area contributed by atoms with Crippen molar-refractivity contribution in [2.75, 3.05) is 13.7 Å². The van der Waals surface area contributed by atoms with E-state index in [0.29, 0.717) is 17.3 Å². The third kappa shape index (κ3) is 2.97. The topological polar surface area (TPSA) is 52.8 Å². The summed E-state index contributed by atoms with van der Waals surface area (Å²) in [4.78, 5) is 14.2. The lowest BCUT2D eigenvalue weighted by molar-refractivity contribution is 0.191. The van der Waals surface area contributed by atoms with Crippen molar-refractivity contribution in [3.05, 3.63) is 53.6 Å². The molecule has 0 fully saturated rings. The molecule has 0 aliphatic heterocycles. The van der Waals surface area contributed by atoms with Crippen LogP contribution >= 0.6 is 11.6 Å². The van der Waals surface area contributed by atoms with Crippen molar-refractivity contribution in [1.29, 1.82) is 0 Å². The number of aryl methyl sites for hydroxylation is 1. The maximum atomic E-state index is 6.41. The molecule has 0 aliphatic carbocycles. The molecule has 4 rings (SSSR count). The summed E-state index contributed by atoms with van der Waals surface area (Å²) in [5.41, 5.74) is 3.97. The number of aromatic nitrogens is 4. The second-order valence-electron chi connectivity index (χ2n) is 5.77. The minimum atomic E-state index is 0.631. The number of rotatable bonds is 5. The monoisotopic (exact) mass is 352 g/mol. The number of ether oxygens (including phenoxy) is 1. The van der Waals surface area contributed by atoms with E-state index in [4.69, 9.17) is 26.3 Å². The van der Waals surface area contributed by atoms with Gasteiger partial charge in [0.1, 0.15) is 5.82 Å². The first-order chi connectivity index (χ1) is 12.3. The minimum absolute atomic E-state index is 0.631. The summed E-state index contributed by atoms with van der Waals surface area (Å²) in [5, 5.41) is 0.662. The lowest BCUT2D eigenvalue weighted by Gasteiger charge is -2.09. The maximum absolute atomic E-state index is 6.41. The van der Waals surface area contributed by atoms with Crippen LogP contribution in [-0.2, 0) is 11.3 Å². The molecule has 0 atom stereocenters. The molecule has 0 radical (unpaired) electrons. The number of hydrogen-bond acceptors (Lipinski definition) is 4.